The van der Waals surface area contributed by atoms with E-state index in [9.17, 15) is 4.79 Å². The SMILES string of the molecule is O=C(NCc1ccccn1)c1snnc1-c1ccccc1. The lowest BCUT2D eigenvalue weighted by Crippen LogP contribution is -2.22. The van der Waals surface area contributed by atoms with E-state index < -0.39 is 0 Å². The Kier molecular flexibility index (Phi) is 3.97. The molecule has 0 bridgehead atoms. The van der Waals surface area contributed by atoms with Gasteiger partial charge in [0.25, 0.3) is 5.91 Å². The van der Waals surface area contributed by atoms with Crippen LogP contribution in [0.15, 0.2) is 54.7 Å². The molecule has 0 unspecified atom stereocenters. The standard InChI is InChI=1S/C15H12N4OS/c20-15(17-10-12-8-4-5-9-16-12)14-13(18-19-21-14)11-6-2-1-3-7-11/h1-9H,10H2,(H,17,20). The summed E-state index contributed by atoms with van der Waals surface area (Å²) in [5.41, 5.74) is 2.30. The third-order valence-electron chi connectivity index (χ3n) is 2.90. The zero-order valence-electron chi connectivity index (χ0n) is 11.1. The summed E-state index contributed by atoms with van der Waals surface area (Å²) in [5.74, 6) is -0.186. The molecule has 3 rings (SSSR count). The van der Waals surface area contributed by atoms with Crippen LogP contribution >= 0.6 is 11.5 Å². The molecule has 3 aromatic rings. The maximum atomic E-state index is 12.3. The van der Waals surface area contributed by atoms with Gasteiger partial charge < -0.3 is 5.32 Å². The van der Waals surface area contributed by atoms with Gasteiger partial charge in [-0.05, 0) is 23.7 Å². The lowest BCUT2D eigenvalue weighted by Gasteiger charge is -2.04. The fourth-order valence-corrected chi connectivity index (χ4v) is 2.48. The van der Waals surface area contributed by atoms with E-state index in [-0.39, 0.29) is 5.91 Å². The van der Waals surface area contributed by atoms with E-state index in [1.165, 1.54) is 0 Å². The minimum atomic E-state index is -0.186. The number of benzene rings is 1. The van der Waals surface area contributed by atoms with E-state index in [1.807, 2.05) is 48.5 Å². The molecule has 21 heavy (non-hydrogen) atoms. The van der Waals surface area contributed by atoms with E-state index >= 15 is 0 Å². The largest absolute Gasteiger partial charge is 0.346 e. The number of aromatic nitrogens is 3. The Bertz CT molecular complexity index is 728. The van der Waals surface area contributed by atoms with Crippen molar-refractivity contribution in [2.24, 2.45) is 0 Å². The van der Waals surface area contributed by atoms with Gasteiger partial charge in [0, 0.05) is 11.8 Å². The molecular weight excluding hydrogens is 284 g/mol. The van der Waals surface area contributed by atoms with Crippen molar-refractivity contribution in [2.75, 3.05) is 0 Å². The number of carbonyl (C=O) groups excluding carboxylic acids is 1. The van der Waals surface area contributed by atoms with Crippen molar-refractivity contribution in [3.8, 4) is 11.3 Å². The summed E-state index contributed by atoms with van der Waals surface area (Å²) in [6.07, 6.45) is 1.70. The van der Waals surface area contributed by atoms with Gasteiger partial charge in [-0.2, -0.15) is 0 Å². The van der Waals surface area contributed by atoms with Crippen molar-refractivity contribution in [3.05, 3.63) is 65.3 Å². The fraction of sp³-hybridized carbons (Fsp3) is 0.0667. The van der Waals surface area contributed by atoms with E-state index in [1.54, 1.807) is 6.20 Å². The second kappa shape index (κ2) is 6.23. The molecule has 1 amide bonds. The van der Waals surface area contributed by atoms with E-state index in [2.05, 4.69) is 19.9 Å². The average molecular weight is 296 g/mol. The van der Waals surface area contributed by atoms with Crippen molar-refractivity contribution in [1.82, 2.24) is 19.9 Å². The Morgan fingerprint density at radius 1 is 1.10 bits per heavy atom. The average Bonchev–Trinajstić information content (AvgIpc) is 3.04. The monoisotopic (exact) mass is 296 g/mol. The minimum Gasteiger partial charge on any atom is -0.346 e. The highest BCUT2D eigenvalue weighted by Gasteiger charge is 2.17. The van der Waals surface area contributed by atoms with Gasteiger partial charge >= 0.3 is 0 Å². The molecule has 0 radical (unpaired) electrons. The quantitative estimate of drug-likeness (QED) is 0.803. The molecule has 0 aliphatic rings. The Morgan fingerprint density at radius 3 is 2.67 bits per heavy atom. The summed E-state index contributed by atoms with van der Waals surface area (Å²) in [4.78, 5) is 16.9. The zero-order valence-corrected chi connectivity index (χ0v) is 11.9. The van der Waals surface area contributed by atoms with E-state index in [0.29, 0.717) is 17.1 Å². The van der Waals surface area contributed by atoms with Crippen LogP contribution in [-0.4, -0.2) is 20.5 Å². The molecule has 5 nitrogen and oxygen atoms in total. The van der Waals surface area contributed by atoms with Gasteiger partial charge in [0.05, 0.1) is 12.2 Å². The number of pyridine rings is 1. The van der Waals surface area contributed by atoms with Crippen molar-refractivity contribution < 1.29 is 4.79 Å². The third-order valence-corrected chi connectivity index (χ3v) is 3.62. The number of rotatable bonds is 4. The summed E-state index contributed by atoms with van der Waals surface area (Å²) >= 11 is 1.09. The second-order valence-corrected chi connectivity index (χ2v) is 5.07. The van der Waals surface area contributed by atoms with Gasteiger partial charge in [-0.15, -0.1) is 5.10 Å². The van der Waals surface area contributed by atoms with Crippen molar-refractivity contribution >= 4 is 17.4 Å². The molecule has 0 fully saturated rings. The highest BCUT2D eigenvalue weighted by Crippen LogP contribution is 2.23. The van der Waals surface area contributed by atoms with Crippen LogP contribution in [0.25, 0.3) is 11.3 Å². The first-order chi connectivity index (χ1) is 10.3. The highest BCUT2D eigenvalue weighted by molar-refractivity contribution is 7.08. The van der Waals surface area contributed by atoms with Gasteiger partial charge in [0.15, 0.2) is 0 Å². The third kappa shape index (κ3) is 3.11. The molecular formula is C15H12N4OS. The topological polar surface area (TPSA) is 67.8 Å². The maximum absolute atomic E-state index is 12.3. The van der Waals surface area contributed by atoms with Gasteiger partial charge in [-0.1, -0.05) is 40.9 Å². The summed E-state index contributed by atoms with van der Waals surface area (Å²) < 4.78 is 3.89. The Balaban J connectivity index is 1.76. The van der Waals surface area contributed by atoms with E-state index in [4.69, 9.17) is 0 Å². The van der Waals surface area contributed by atoms with Crippen LogP contribution in [0.5, 0.6) is 0 Å². The second-order valence-electron chi connectivity index (χ2n) is 4.32. The van der Waals surface area contributed by atoms with Crippen LogP contribution in [0.1, 0.15) is 15.4 Å². The fourth-order valence-electron chi connectivity index (χ4n) is 1.88. The van der Waals surface area contributed by atoms with Crippen molar-refractivity contribution in [2.45, 2.75) is 6.54 Å². The Morgan fingerprint density at radius 2 is 1.90 bits per heavy atom. The van der Waals surface area contributed by atoms with Gasteiger partial charge in [0.2, 0.25) is 0 Å². The first-order valence-electron chi connectivity index (χ1n) is 6.40. The molecule has 2 heterocycles. The maximum Gasteiger partial charge on any atom is 0.265 e. The van der Waals surface area contributed by atoms with Gasteiger partial charge in [0.1, 0.15) is 10.6 Å². The predicted molar refractivity (Wildman–Crippen MR) is 80.8 cm³/mol. The number of hydrogen-bond acceptors (Lipinski definition) is 5. The molecule has 6 heteroatoms. The minimum absolute atomic E-state index is 0.186. The number of nitrogens with one attached hydrogen (secondary N) is 1. The zero-order chi connectivity index (χ0) is 14.5. The lowest BCUT2D eigenvalue weighted by atomic mass is 10.1. The molecule has 104 valence electrons. The van der Waals surface area contributed by atoms with Gasteiger partial charge in [-0.25, -0.2) is 0 Å². The van der Waals surface area contributed by atoms with Crippen LogP contribution in [0, 0.1) is 0 Å². The number of amides is 1. The summed E-state index contributed by atoms with van der Waals surface area (Å²) in [5, 5.41) is 6.90. The summed E-state index contributed by atoms with van der Waals surface area (Å²) in [6, 6.07) is 15.1. The molecule has 0 saturated heterocycles. The Labute approximate surface area is 125 Å². The van der Waals surface area contributed by atoms with Crippen LogP contribution in [0.2, 0.25) is 0 Å². The summed E-state index contributed by atoms with van der Waals surface area (Å²) in [6.45, 7) is 0.381. The van der Waals surface area contributed by atoms with Crippen LogP contribution in [-0.2, 0) is 6.54 Å². The first-order valence-corrected chi connectivity index (χ1v) is 7.18. The molecule has 2 aromatic heterocycles. The first kappa shape index (κ1) is 13.4. The number of nitrogens with zero attached hydrogens (tertiary/aromatic N) is 3. The molecule has 0 aliphatic heterocycles. The summed E-state index contributed by atoms with van der Waals surface area (Å²) in [7, 11) is 0. The van der Waals surface area contributed by atoms with Crippen LogP contribution < -0.4 is 5.32 Å². The van der Waals surface area contributed by atoms with Crippen molar-refractivity contribution in [3.63, 3.8) is 0 Å². The highest BCUT2D eigenvalue weighted by atomic mass is 32.1. The molecule has 1 aromatic carbocycles. The van der Waals surface area contributed by atoms with Crippen LogP contribution in [0.3, 0.4) is 0 Å². The molecule has 0 aliphatic carbocycles. The number of carbonyl (C=O) groups is 1. The van der Waals surface area contributed by atoms with Crippen molar-refractivity contribution in [1.29, 1.82) is 0 Å². The molecule has 1 N–H and O–H groups in total. The lowest BCUT2D eigenvalue weighted by molar-refractivity contribution is 0.0955. The smallest absolute Gasteiger partial charge is 0.265 e. The predicted octanol–water partition coefficient (Wildman–Crippen LogP) is 2.53. The van der Waals surface area contributed by atoms with Gasteiger partial charge in [-0.3, -0.25) is 9.78 Å². The number of hydrogen-bond donors (Lipinski definition) is 1. The molecule has 0 atom stereocenters. The normalized spacial score (nSPS) is 10.3. The van der Waals surface area contributed by atoms with E-state index in [0.717, 1.165) is 22.8 Å². The Hall–Kier alpha value is -2.60. The molecule has 0 spiro atoms. The van der Waals surface area contributed by atoms with Crippen LogP contribution in [0.4, 0.5) is 0 Å². The molecule has 0 saturated carbocycles.